The zero-order valence-electron chi connectivity index (χ0n) is 12.1. The van der Waals surface area contributed by atoms with Crippen LogP contribution in [0.3, 0.4) is 0 Å². The van der Waals surface area contributed by atoms with Gasteiger partial charge in [-0.15, -0.1) is 0 Å². The first-order valence-electron chi connectivity index (χ1n) is 7.00. The van der Waals surface area contributed by atoms with E-state index in [2.05, 4.69) is 31.0 Å². The first-order chi connectivity index (χ1) is 8.94. The third-order valence-electron chi connectivity index (χ3n) is 4.26. The fraction of sp³-hybridized carbons (Fsp3) is 0.562. The van der Waals surface area contributed by atoms with Gasteiger partial charge in [0.05, 0.1) is 5.54 Å². The van der Waals surface area contributed by atoms with Gasteiger partial charge in [-0.2, -0.15) is 0 Å². The molecule has 0 aromatic carbocycles. The Hall–Kier alpha value is -1.35. The van der Waals surface area contributed by atoms with E-state index in [4.69, 9.17) is 5.73 Å². The molecule has 0 saturated carbocycles. The van der Waals surface area contributed by atoms with Crippen molar-refractivity contribution < 1.29 is 5.11 Å². The second kappa shape index (κ2) is 5.33. The van der Waals surface area contributed by atoms with Crippen molar-refractivity contribution in [2.24, 2.45) is 16.6 Å². The van der Waals surface area contributed by atoms with Gasteiger partial charge < -0.3 is 10.8 Å². The Morgan fingerprint density at radius 1 is 1.53 bits per heavy atom. The molecule has 0 spiro atoms. The molecule has 1 heterocycles. The molecule has 2 aliphatic rings. The molecule has 1 aliphatic carbocycles. The summed E-state index contributed by atoms with van der Waals surface area (Å²) in [5.74, 6) is 0.662. The van der Waals surface area contributed by atoms with Gasteiger partial charge in [0.15, 0.2) is 0 Å². The van der Waals surface area contributed by atoms with Gasteiger partial charge in [-0.05, 0) is 51.7 Å². The van der Waals surface area contributed by atoms with Crippen molar-refractivity contribution in [3.63, 3.8) is 0 Å². The predicted octanol–water partition coefficient (Wildman–Crippen LogP) is 3.29. The molecule has 3 atom stereocenters. The molecule has 2 rings (SSSR count). The van der Waals surface area contributed by atoms with Gasteiger partial charge in [0.25, 0.3) is 0 Å². The largest absolute Gasteiger partial charge is 0.508 e. The normalized spacial score (nSPS) is 39.5. The van der Waals surface area contributed by atoms with Crippen LogP contribution < -0.4 is 5.73 Å². The van der Waals surface area contributed by atoms with E-state index in [9.17, 15) is 5.11 Å². The van der Waals surface area contributed by atoms with E-state index in [0.29, 0.717) is 11.7 Å². The van der Waals surface area contributed by atoms with Gasteiger partial charge >= 0.3 is 0 Å². The number of allylic oxidation sites excluding steroid dienone is 2. The summed E-state index contributed by atoms with van der Waals surface area (Å²) in [6.07, 6.45) is 11.0. The lowest BCUT2D eigenvalue weighted by Crippen LogP contribution is -2.33. The minimum absolute atomic E-state index is 0.0377. The zero-order valence-corrected chi connectivity index (χ0v) is 12.1. The highest BCUT2D eigenvalue weighted by Gasteiger charge is 2.34. The second-order valence-corrected chi connectivity index (χ2v) is 5.84. The molecule has 0 bridgehead atoms. The van der Waals surface area contributed by atoms with Gasteiger partial charge in [-0.1, -0.05) is 17.7 Å². The van der Waals surface area contributed by atoms with Gasteiger partial charge in [0.2, 0.25) is 0 Å². The number of aliphatic hydroxyl groups excluding tert-OH is 1. The highest BCUT2D eigenvalue weighted by atomic mass is 16.3. The van der Waals surface area contributed by atoms with Crippen molar-refractivity contribution in [2.45, 2.75) is 51.6 Å². The molecule has 3 N–H and O–H groups in total. The molecule has 0 saturated heterocycles. The summed E-state index contributed by atoms with van der Waals surface area (Å²) in [6, 6.07) is -0.0377. The second-order valence-electron chi connectivity index (χ2n) is 5.84. The average Bonchev–Trinajstić information content (AvgIpc) is 2.42. The summed E-state index contributed by atoms with van der Waals surface area (Å²) in [7, 11) is 0. The summed E-state index contributed by atoms with van der Waals surface area (Å²) in [6.45, 7) is 6.09. The molecule has 0 amide bonds. The topological polar surface area (TPSA) is 58.6 Å². The van der Waals surface area contributed by atoms with E-state index in [1.165, 1.54) is 5.57 Å². The Morgan fingerprint density at radius 3 is 2.95 bits per heavy atom. The summed E-state index contributed by atoms with van der Waals surface area (Å²) in [5, 5.41) is 9.95. The Morgan fingerprint density at radius 2 is 2.26 bits per heavy atom. The Kier molecular flexibility index (Phi) is 3.95. The molecular weight excluding hydrogens is 236 g/mol. The number of aliphatic imine (C=N–C) groups is 1. The highest BCUT2D eigenvalue weighted by Crippen LogP contribution is 2.37. The molecule has 3 heteroatoms. The maximum atomic E-state index is 9.95. The van der Waals surface area contributed by atoms with E-state index in [0.717, 1.165) is 24.8 Å². The van der Waals surface area contributed by atoms with Gasteiger partial charge in [-0.25, -0.2) is 0 Å². The first kappa shape index (κ1) is 14.1. The van der Waals surface area contributed by atoms with Gasteiger partial charge in [0.1, 0.15) is 5.76 Å². The van der Waals surface area contributed by atoms with Crippen LogP contribution in [-0.4, -0.2) is 22.9 Å². The molecule has 0 aromatic heterocycles. The number of nitrogens with two attached hydrogens (primary N) is 1. The van der Waals surface area contributed by atoms with Crippen LogP contribution in [0.5, 0.6) is 0 Å². The van der Waals surface area contributed by atoms with Crippen LogP contribution >= 0.6 is 0 Å². The fourth-order valence-corrected chi connectivity index (χ4v) is 2.88. The van der Waals surface area contributed by atoms with Crippen molar-refractivity contribution in [3.8, 4) is 0 Å². The number of rotatable bonds is 0. The predicted molar refractivity (Wildman–Crippen MR) is 80.4 cm³/mol. The summed E-state index contributed by atoms with van der Waals surface area (Å²) in [4.78, 5) is 4.67. The van der Waals surface area contributed by atoms with Crippen LogP contribution in [0.2, 0.25) is 0 Å². The lowest BCUT2D eigenvalue weighted by atomic mass is 9.77. The standard InChI is InChI=1S/C16H24N2O/c1-4-12-5-6-13-7-11(2)15(19)9-16(13,3)18-10-14(17)8-12/h4,7,9-10,13-14,19H,5-6,8,17H2,1-3H3/b12-4-,18-10-/t13?,14-,16?/m0/s1. The summed E-state index contributed by atoms with van der Waals surface area (Å²) >= 11 is 0. The quantitative estimate of drug-likeness (QED) is 0.657. The molecule has 104 valence electrons. The van der Waals surface area contributed by atoms with Crippen LogP contribution in [-0.2, 0) is 0 Å². The SMILES string of the molecule is C/C=C1/CCC2C=C(C)C(O)=CC2(C)/N=C\[C@@H](N)C1. The lowest BCUT2D eigenvalue weighted by Gasteiger charge is -2.33. The molecule has 19 heavy (non-hydrogen) atoms. The van der Waals surface area contributed by atoms with Crippen LogP contribution in [0, 0.1) is 5.92 Å². The monoisotopic (exact) mass is 260 g/mol. The average molecular weight is 260 g/mol. The van der Waals surface area contributed by atoms with Crippen molar-refractivity contribution in [1.82, 2.24) is 0 Å². The van der Waals surface area contributed by atoms with E-state index in [-0.39, 0.29) is 11.6 Å². The van der Waals surface area contributed by atoms with Crippen LogP contribution in [0.25, 0.3) is 0 Å². The van der Waals surface area contributed by atoms with Gasteiger partial charge in [0, 0.05) is 18.2 Å². The molecule has 0 radical (unpaired) electrons. The number of aliphatic hydroxyl groups is 1. The summed E-state index contributed by atoms with van der Waals surface area (Å²) < 4.78 is 0. The van der Waals surface area contributed by atoms with Crippen LogP contribution in [0.15, 0.2) is 40.1 Å². The van der Waals surface area contributed by atoms with E-state index in [1.807, 2.05) is 19.2 Å². The summed E-state index contributed by atoms with van der Waals surface area (Å²) in [5.41, 5.74) is 8.07. The molecule has 0 fully saturated rings. The Balaban J connectivity index is 2.36. The van der Waals surface area contributed by atoms with Crippen molar-refractivity contribution in [1.29, 1.82) is 0 Å². The van der Waals surface area contributed by atoms with Crippen LogP contribution in [0.1, 0.15) is 40.0 Å². The third kappa shape index (κ3) is 2.98. The Bertz CT molecular complexity index is 473. The van der Waals surface area contributed by atoms with Crippen molar-refractivity contribution >= 4 is 6.21 Å². The van der Waals surface area contributed by atoms with Gasteiger partial charge in [-0.3, -0.25) is 4.99 Å². The maximum Gasteiger partial charge on any atom is 0.116 e. The number of hydrogen-bond donors (Lipinski definition) is 2. The van der Waals surface area contributed by atoms with E-state index < -0.39 is 0 Å². The minimum atomic E-state index is -0.371. The van der Waals surface area contributed by atoms with Crippen LogP contribution in [0.4, 0.5) is 0 Å². The van der Waals surface area contributed by atoms with E-state index in [1.54, 1.807) is 0 Å². The first-order valence-corrected chi connectivity index (χ1v) is 7.00. The van der Waals surface area contributed by atoms with E-state index >= 15 is 0 Å². The lowest BCUT2D eigenvalue weighted by molar-refractivity contribution is 0.353. The molecular formula is C16H24N2O. The third-order valence-corrected chi connectivity index (χ3v) is 4.26. The number of fused-ring (bicyclic) bond motifs is 1. The zero-order chi connectivity index (χ0) is 14.0. The fourth-order valence-electron chi connectivity index (χ4n) is 2.88. The van der Waals surface area contributed by atoms with Crippen molar-refractivity contribution in [3.05, 3.63) is 35.1 Å². The maximum absolute atomic E-state index is 9.95. The number of hydrogen-bond acceptors (Lipinski definition) is 3. The molecule has 0 aromatic rings. The molecule has 2 unspecified atom stereocenters. The highest BCUT2D eigenvalue weighted by molar-refractivity contribution is 5.66. The smallest absolute Gasteiger partial charge is 0.116 e. The number of nitrogens with zero attached hydrogens (tertiary/aromatic N) is 1. The van der Waals surface area contributed by atoms with Crippen molar-refractivity contribution in [2.75, 3.05) is 0 Å². The minimum Gasteiger partial charge on any atom is -0.508 e. The Labute approximate surface area is 115 Å². The molecule has 3 nitrogen and oxygen atoms in total. The molecule has 1 aliphatic heterocycles.